The van der Waals surface area contributed by atoms with E-state index in [2.05, 4.69) is 24.1 Å². The van der Waals surface area contributed by atoms with E-state index >= 15 is 0 Å². The van der Waals surface area contributed by atoms with E-state index in [1.54, 1.807) is 4.90 Å². The molecule has 1 atom stereocenters. The minimum Gasteiger partial charge on any atom is -0.338 e. The first-order valence-electron chi connectivity index (χ1n) is 7.96. The molecule has 2 aliphatic rings. The van der Waals surface area contributed by atoms with Crippen LogP contribution in [0.25, 0.3) is 0 Å². The Morgan fingerprint density at radius 1 is 1.18 bits per heavy atom. The number of carbonyl (C=O) groups is 2. The van der Waals surface area contributed by atoms with Crippen molar-refractivity contribution in [1.29, 1.82) is 0 Å². The van der Waals surface area contributed by atoms with Crippen LogP contribution in [0, 0.1) is 0 Å². The van der Waals surface area contributed by atoms with Crippen molar-refractivity contribution >= 4 is 11.8 Å². The molecule has 0 N–H and O–H groups in total. The molecule has 0 aromatic heterocycles. The second-order valence-electron chi connectivity index (χ2n) is 6.17. The highest BCUT2D eigenvalue weighted by molar-refractivity contribution is 5.86. The SMILES string of the molecule is CN1CCN(C(=O)CN2CCCC2=O)CC1c1ccccc1. The molecular formula is C17H23N3O2. The van der Waals surface area contributed by atoms with E-state index in [0.29, 0.717) is 13.0 Å². The summed E-state index contributed by atoms with van der Waals surface area (Å²) < 4.78 is 0. The third kappa shape index (κ3) is 3.14. The molecule has 5 heteroatoms. The molecule has 0 bridgehead atoms. The molecular weight excluding hydrogens is 278 g/mol. The minimum atomic E-state index is 0.0734. The molecule has 3 rings (SSSR count). The van der Waals surface area contributed by atoms with Crippen LogP contribution in [0.1, 0.15) is 24.4 Å². The van der Waals surface area contributed by atoms with Gasteiger partial charge in [0, 0.05) is 32.6 Å². The zero-order valence-electron chi connectivity index (χ0n) is 13.1. The van der Waals surface area contributed by atoms with Crippen molar-refractivity contribution in [2.75, 3.05) is 39.8 Å². The normalized spacial score (nSPS) is 23.1. The number of nitrogens with zero attached hydrogens (tertiary/aromatic N) is 3. The average Bonchev–Trinajstić information content (AvgIpc) is 2.93. The minimum absolute atomic E-state index is 0.0734. The number of likely N-dealkylation sites (tertiary alicyclic amines) is 1. The Hall–Kier alpha value is -1.88. The summed E-state index contributed by atoms with van der Waals surface area (Å²) in [6.45, 7) is 3.26. The van der Waals surface area contributed by atoms with Crippen molar-refractivity contribution in [3.05, 3.63) is 35.9 Å². The number of likely N-dealkylation sites (N-methyl/N-ethyl adjacent to an activating group) is 1. The van der Waals surface area contributed by atoms with Crippen LogP contribution in [0.4, 0.5) is 0 Å². The maximum Gasteiger partial charge on any atom is 0.242 e. The Bertz CT molecular complexity index is 546. The van der Waals surface area contributed by atoms with Gasteiger partial charge in [0.2, 0.25) is 11.8 Å². The molecule has 1 aromatic rings. The molecule has 2 fully saturated rings. The van der Waals surface area contributed by atoms with E-state index in [-0.39, 0.29) is 24.4 Å². The van der Waals surface area contributed by atoms with Gasteiger partial charge in [-0.25, -0.2) is 0 Å². The zero-order chi connectivity index (χ0) is 15.5. The second kappa shape index (κ2) is 6.48. The Kier molecular flexibility index (Phi) is 4.43. The number of piperazine rings is 1. The van der Waals surface area contributed by atoms with Crippen LogP contribution in [0.3, 0.4) is 0 Å². The van der Waals surface area contributed by atoms with Gasteiger partial charge in [0.25, 0.3) is 0 Å². The summed E-state index contributed by atoms with van der Waals surface area (Å²) in [6.07, 6.45) is 1.46. The van der Waals surface area contributed by atoms with Crippen LogP contribution < -0.4 is 0 Å². The van der Waals surface area contributed by atoms with E-state index in [1.807, 2.05) is 23.1 Å². The first kappa shape index (κ1) is 15.0. The molecule has 2 amide bonds. The fourth-order valence-electron chi connectivity index (χ4n) is 3.27. The summed E-state index contributed by atoms with van der Waals surface area (Å²) in [5.74, 6) is 0.186. The molecule has 5 nitrogen and oxygen atoms in total. The molecule has 118 valence electrons. The molecule has 0 radical (unpaired) electrons. The van der Waals surface area contributed by atoms with Gasteiger partial charge in [0.05, 0.1) is 12.6 Å². The Balaban J connectivity index is 1.65. The van der Waals surface area contributed by atoms with Crippen molar-refractivity contribution in [2.45, 2.75) is 18.9 Å². The second-order valence-corrected chi connectivity index (χ2v) is 6.17. The smallest absolute Gasteiger partial charge is 0.242 e. The van der Waals surface area contributed by atoms with Crippen LogP contribution in [0.5, 0.6) is 0 Å². The lowest BCUT2D eigenvalue weighted by atomic mass is 10.0. The maximum atomic E-state index is 12.5. The third-order valence-electron chi connectivity index (χ3n) is 4.68. The molecule has 2 aliphatic heterocycles. The van der Waals surface area contributed by atoms with Crippen LogP contribution in [-0.2, 0) is 9.59 Å². The summed E-state index contributed by atoms with van der Waals surface area (Å²) in [4.78, 5) is 30.1. The standard InChI is InChI=1S/C17H23N3O2/c1-18-10-11-20(12-15(18)14-6-3-2-4-7-14)17(22)13-19-9-5-8-16(19)21/h2-4,6-7,15H,5,8-13H2,1H3. The van der Waals surface area contributed by atoms with Crippen molar-refractivity contribution in [3.8, 4) is 0 Å². The van der Waals surface area contributed by atoms with Gasteiger partial charge in [-0.3, -0.25) is 14.5 Å². The number of carbonyl (C=O) groups excluding carboxylic acids is 2. The predicted octanol–water partition coefficient (Wildman–Crippen LogP) is 1.12. The van der Waals surface area contributed by atoms with E-state index in [9.17, 15) is 9.59 Å². The van der Waals surface area contributed by atoms with Crippen molar-refractivity contribution in [1.82, 2.24) is 14.7 Å². The summed E-state index contributed by atoms with van der Waals surface area (Å²) in [5.41, 5.74) is 1.24. The van der Waals surface area contributed by atoms with Gasteiger partial charge in [0.15, 0.2) is 0 Å². The lowest BCUT2D eigenvalue weighted by molar-refractivity contribution is -0.140. The van der Waals surface area contributed by atoms with E-state index in [1.165, 1.54) is 5.56 Å². The van der Waals surface area contributed by atoms with Crippen molar-refractivity contribution in [2.24, 2.45) is 0 Å². The first-order valence-corrected chi connectivity index (χ1v) is 7.96. The Morgan fingerprint density at radius 2 is 1.95 bits per heavy atom. The molecule has 0 saturated carbocycles. The first-order chi connectivity index (χ1) is 10.6. The molecule has 22 heavy (non-hydrogen) atoms. The largest absolute Gasteiger partial charge is 0.338 e. The molecule has 1 aromatic carbocycles. The highest BCUT2D eigenvalue weighted by atomic mass is 16.2. The lowest BCUT2D eigenvalue weighted by Gasteiger charge is -2.40. The summed E-state index contributed by atoms with van der Waals surface area (Å²) in [5, 5.41) is 0. The van der Waals surface area contributed by atoms with E-state index < -0.39 is 0 Å². The number of hydrogen-bond acceptors (Lipinski definition) is 3. The van der Waals surface area contributed by atoms with Crippen molar-refractivity contribution < 1.29 is 9.59 Å². The quantitative estimate of drug-likeness (QED) is 0.840. The van der Waals surface area contributed by atoms with Gasteiger partial charge < -0.3 is 9.80 Å². The predicted molar refractivity (Wildman–Crippen MR) is 84.2 cm³/mol. The summed E-state index contributed by atoms with van der Waals surface area (Å²) in [6, 6.07) is 10.5. The van der Waals surface area contributed by atoms with Crippen LogP contribution in [0.15, 0.2) is 30.3 Å². The monoisotopic (exact) mass is 301 g/mol. The van der Waals surface area contributed by atoms with Gasteiger partial charge in [-0.1, -0.05) is 30.3 Å². The number of hydrogen-bond donors (Lipinski definition) is 0. The van der Waals surface area contributed by atoms with Gasteiger partial charge in [-0.15, -0.1) is 0 Å². The molecule has 2 saturated heterocycles. The highest BCUT2D eigenvalue weighted by Crippen LogP contribution is 2.24. The zero-order valence-corrected chi connectivity index (χ0v) is 13.1. The fourth-order valence-corrected chi connectivity index (χ4v) is 3.27. The number of benzene rings is 1. The molecule has 0 aliphatic carbocycles. The van der Waals surface area contributed by atoms with Gasteiger partial charge in [-0.2, -0.15) is 0 Å². The van der Waals surface area contributed by atoms with Crippen LogP contribution >= 0.6 is 0 Å². The van der Waals surface area contributed by atoms with E-state index in [0.717, 1.165) is 26.1 Å². The highest BCUT2D eigenvalue weighted by Gasteiger charge is 2.30. The topological polar surface area (TPSA) is 43.9 Å². The Labute approximate surface area is 131 Å². The third-order valence-corrected chi connectivity index (χ3v) is 4.68. The molecule has 1 unspecified atom stereocenters. The number of amides is 2. The number of rotatable bonds is 3. The summed E-state index contributed by atoms with van der Waals surface area (Å²) in [7, 11) is 2.10. The lowest BCUT2D eigenvalue weighted by Crippen LogP contribution is -2.51. The van der Waals surface area contributed by atoms with E-state index in [4.69, 9.17) is 0 Å². The van der Waals surface area contributed by atoms with Gasteiger partial charge >= 0.3 is 0 Å². The Morgan fingerprint density at radius 3 is 2.64 bits per heavy atom. The van der Waals surface area contributed by atoms with Gasteiger partial charge in [-0.05, 0) is 19.0 Å². The van der Waals surface area contributed by atoms with Crippen LogP contribution in [0.2, 0.25) is 0 Å². The molecule has 0 spiro atoms. The fraction of sp³-hybridized carbons (Fsp3) is 0.529. The van der Waals surface area contributed by atoms with Crippen molar-refractivity contribution in [3.63, 3.8) is 0 Å². The van der Waals surface area contributed by atoms with Gasteiger partial charge in [0.1, 0.15) is 0 Å². The molecule has 2 heterocycles. The summed E-state index contributed by atoms with van der Waals surface area (Å²) >= 11 is 0. The average molecular weight is 301 g/mol. The van der Waals surface area contributed by atoms with Crippen LogP contribution in [-0.4, -0.2) is 66.3 Å². The maximum absolute atomic E-state index is 12.5.